The molecule has 21 heavy (non-hydrogen) atoms. The van der Waals surface area contributed by atoms with Crippen LogP contribution < -0.4 is 4.74 Å². The van der Waals surface area contributed by atoms with Crippen LogP contribution in [0.25, 0.3) is 0 Å². The second-order valence-corrected chi connectivity index (χ2v) is 3.68. The van der Waals surface area contributed by atoms with Crippen molar-refractivity contribution in [3.63, 3.8) is 0 Å². The van der Waals surface area contributed by atoms with Crippen molar-refractivity contribution in [3.8, 4) is 5.75 Å². The van der Waals surface area contributed by atoms with E-state index < -0.39 is 5.97 Å². The first-order chi connectivity index (χ1) is 9.79. The summed E-state index contributed by atoms with van der Waals surface area (Å²) in [7, 11) is 1.33. The molecule has 4 heteroatoms. The molecule has 2 aromatic rings. The third-order valence-corrected chi connectivity index (χ3v) is 2.38. The highest BCUT2D eigenvalue weighted by atomic mass is 16.5. The summed E-state index contributed by atoms with van der Waals surface area (Å²) in [5.74, 6) is 0.120. The Morgan fingerprint density at radius 2 is 1.81 bits per heavy atom. The first kappa shape index (κ1) is 18.6. The number of benzene rings is 1. The molecular weight excluding hydrogens is 266 g/mol. The maximum atomic E-state index is 11.3. The van der Waals surface area contributed by atoms with E-state index in [-0.39, 0.29) is 7.43 Å². The summed E-state index contributed by atoms with van der Waals surface area (Å²) in [5, 5.41) is 0. The van der Waals surface area contributed by atoms with Crippen molar-refractivity contribution in [2.24, 2.45) is 0 Å². The number of methoxy groups -OCH3 is 1. The summed E-state index contributed by atoms with van der Waals surface area (Å²) < 4.78 is 10.2. The second kappa shape index (κ2) is 10.4. The van der Waals surface area contributed by atoms with Gasteiger partial charge in [0.1, 0.15) is 12.4 Å². The molecule has 0 aliphatic heterocycles. The lowest BCUT2D eigenvalue weighted by Gasteiger charge is -2.06. The average Bonchev–Trinajstić information content (AvgIpc) is 2.55. The van der Waals surface area contributed by atoms with E-state index in [0.717, 1.165) is 5.56 Å². The van der Waals surface area contributed by atoms with E-state index in [1.54, 1.807) is 12.3 Å². The van der Waals surface area contributed by atoms with E-state index in [1.165, 1.54) is 13.3 Å². The Morgan fingerprint density at radius 1 is 1.14 bits per heavy atom. The van der Waals surface area contributed by atoms with Crippen LogP contribution in [-0.2, 0) is 11.3 Å². The largest absolute Gasteiger partial charge is 0.487 e. The van der Waals surface area contributed by atoms with Crippen molar-refractivity contribution in [2.45, 2.75) is 27.9 Å². The Bertz CT molecular complexity index is 527. The summed E-state index contributed by atoms with van der Waals surface area (Å²) in [6, 6.07) is 11.4. The van der Waals surface area contributed by atoms with Crippen LogP contribution in [0.4, 0.5) is 0 Å². The molecule has 0 aliphatic carbocycles. The molecule has 0 saturated carbocycles. The Balaban J connectivity index is 0.00000128. The molecule has 0 amide bonds. The number of carbonyl (C=O) groups excluding carboxylic acids is 1. The highest BCUT2D eigenvalue weighted by molar-refractivity contribution is 5.89. The molecule has 0 radical (unpaired) electrons. The molecule has 0 aliphatic rings. The summed E-state index contributed by atoms with van der Waals surface area (Å²) in [6.07, 6.45) is 3.01. The molecule has 0 N–H and O–H groups in total. The molecule has 0 atom stereocenters. The lowest BCUT2D eigenvalue weighted by atomic mass is 10.2. The lowest BCUT2D eigenvalue weighted by Crippen LogP contribution is -2.03. The monoisotopic (exact) mass is 289 g/mol. The van der Waals surface area contributed by atoms with Crippen molar-refractivity contribution in [2.75, 3.05) is 7.11 Å². The van der Waals surface area contributed by atoms with E-state index in [4.69, 9.17) is 4.74 Å². The maximum Gasteiger partial charge on any atom is 0.339 e. The fraction of sp³-hybridized carbons (Fsp3) is 0.294. The summed E-state index contributed by atoms with van der Waals surface area (Å²) in [6.45, 7) is 4.44. The van der Waals surface area contributed by atoms with Crippen LogP contribution in [0.2, 0.25) is 0 Å². The maximum absolute atomic E-state index is 11.3. The number of pyridine rings is 1. The van der Waals surface area contributed by atoms with Gasteiger partial charge in [-0.2, -0.15) is 0 Å². The first-order valence-corrected chi connectivity index (χ1v) is 6.49. The Morgan fingerprint density at radius 3 is 2.43 bits per heavy atom. The zero-order chi connectivity index (χ0) is 14.8. The molecule has 2 rings (SSSR count). The number of aromatic nitrogens is 1. The highest BCUT2D eigenvalue weighted by Gasteiger charge is 2.07. The minimum Gasteiger partial charge on any atom is -0.487 e. The summed E-state index contributed by atoms with van der Waals surface area (Å²) >= 11 is 0. The molecule has 0 bridgehead atoms. The van der Waals surface area contributed by atoms with E-state index in [1.807, 2.05) is 44.2 Å². The number of carbonyl (C=O) groups is 1. The molecule has 0 saturated heterocycles. The van der Waals surface area contributed by atoms with Gasteiger partial charge in [0.15, 0.2) is 0 Å². The van der Waals surface area contributed by atoms with Gasteiger partial charge in [0.2, 0.25) is 0 Å². The predicted octanol–water partition coefficient (Wildman–Crippen LogP) is 4.11. The Labute approximate surface area is 126 Å². The van der Waals surface area contributed by atoms with Crippen molar-refractivity contribution in [1.82, 2.24) is 4.98 Å². The molecule has 114 valence electrons. The van der Waals surface area contributed by atoms with Gasteiger partial charge < -0.3 is 9.47 Å². The SMILES string of the molecule is C.CC.COC(=O)c1cncc(OCc2ccccc2)c1. The van der Waals surface area contributed by atoms with Crippen LogP contribution in [0, 0.1) is 0 Å². The van der Waals surface area contributed by atoms with Crippen molar-refractivity contribution < 1.29 is 14.3 Å². The number of esters is 1. The van der Waals surface area contributed by atoms with Crippen LogP contribution in [-0.4, -0.2) is 18.1 Å². The van der Waals surface area contributed by atoms with Crippen molar-refractivity contribution in [1.29, 1.82) is 0 Å². The smallest absolute Gasteiger partial charge is 0.339 e. The van der Waals surface area contributed by atoms with E-state index in [2.05, 4.69) is 9.72 Å². The zero-order valence-electron chi connectivity index (χ0n) is 12.0. The van der Waals surface area contributed by atoms with Crippen molar-refractivity contribution >= 4 is 5.97 Å². The second-order valence-electron chi connectivity index (χ2n) is 3.68. The highest BCUT2D eigenvalue weighted by Crippen LogP contribution is 2.14. The molecule has 0 unspecified atom stereocenters. The third kappa shape index (κ3) is 6.08. The van der Waals surface area contributed by atoms with Crippen molar-refractivity contribution in [3.05, 3.63) is 59.9 Å². The van der Waals surface area contributed by atoms with Gasteiger partial charge in [-0.15, -0.1) is 0 Å². The van der Waals surface area contributed by atoms with Gasteiger partial charge in [0, 0.05) is 6.20 Å². The van der Waals surface area contributed by atoms with E-state index in [0.29, 0.717) is 17.9 Å². The lowest BCUT2D eigenvalue weighted by molar-refractivity contribution is 0.0599. The predicted molar refractivity (Wildman–Crippen MR) is 84.4 cm³/mol. The fourth-order valence-electron chi connectivity index (χ4n) is 1.47. The molecule has 0 fully saturated rings. The molecule has 1 heterocycles. The Kier molecular flexibility index (Phi) is 9.26. The molecular formula is C17H23NO3. The fourth-order valence-corrected chi connectivity index (χ4v) is 1.47. The summed E-state index contributed by atoms with van der Waals surface area (Å²) in [5.41, 5.74) is 1.43. The van der Waals surface area contributed by atoms with Gasteiger partial charge in [-0.25, -0.2) is 4.79 Å². The molecule has 4 nitrogen and oxygen atoms in total. The van der Waals surface area contributed by atoms with Crippen LogP contribution in [0.1, 0.15) is 37.2 Å². The van der Waals surface area contributed by atoms with Gasteiger partial charge >= 0.3 is 5.97 Å². The standard InChI is InChI=1S/C14H13NO3.C2H6.CH4/c1-17-14(16)12-7-13(9-15-8-12)18-10-11-5-3-2-4-6-11;1-2;/h2-9H,10H2,1H3;1-2H3;1H4. The van der Waals surface area contributed by atoms with Crippen LogP contribution >= 0.6 is 0 Å². The average molecular weight is 289 g/mol. The van der Waals surface area contributed by atoms with Gasteiger partial charge in [-0.1, -0.05) is 51.6 Å². The van der Waals surface area contributed by atoms with Crippen LogP contribution in [0.5, 0.6) is 5.75 Å². The number of nitrogens with zero attached hydrogens (tertiary/aromatic N) is 1. The quantitative estimate of drug-likeness (QED) is 0.795. The topological polar surface area (TPSA) is 48.4 Å². The minimum atomic E-state index is -0.423. The number of rotatable bonds is 4. The van der Waals surface area contributed by atoms with Gasteiger partial charge in [0.25, 0.3) is 0 Å². The van der Waals surface area contributed by atoms with Gasteiger partial charge in [-0.05, 0) is 11.6 Å². The zero-order valence-corrected chi connectivity index (χ0v) is 12.0. The number of ether oxygens (including phenoxy) is 2. The number of hydrogen-bond donors (Lipinski definition) is 0. The van der Waals surface area contributed by atoms with E-state index >= 15 is 0 Å². The molecule has 1 aromatic carbocycles. The third-order valence-electron chi connectivity index (χ3n) is 2.38. The first-order valence-electron chi connectivity index (χ1n) is 6.49. The van der Waals surface area contributed by atoms with Crippen LogP contribution in [0.15, 0.2) is 48.8 Å². The number of hydrogen-bond acceptors (Lipinski definition) is 4. The van der Waals surface area contributed by atoms with Gasteiger partial charge in [0.05, 0.1) is 18.9 Å². The Hall–Kier alpha value is -2.36. The normalized spacial score (nSPS) is 8.71. The molecule has 0 spiro atoms. The van der Waals surface area contributed by atoms with Gasteiger partial charge in [-0.3, -0.25) is 4.98 Å². The minimum absolute atomic E-state index is 0. The van der Waals surface area contributed by atoms with E-state index in [9.17, 15) is 4.79 Å². The van der Waals surface area contributed by atoms with Crippen LogP contribution in [0.3, 0.4) is 0 Å². The summed E-state index contributed by atoms with van der Waals surface area (Å²) in [4.78, 5) is 15.3. The molecule has 1 aromatic heterocycles.